The van der Waals surface area contributed by atoms with E-state index in [0.717, 1.165) is 23.9 Å². The summed E-state index contributed by atoms with van der Waals surface area (Å²) >= 11 is 0. The van der Waals surface area contributed by atoms with Crippen molar-refractivity contribution < 1.29 is 0 Å². The molecule has 16 heavy (non-hydrogen) atoms. The molecule has 1 N–H and O–H groups in total. The number of rotatable bonds is 3. The zero-order valence-electron chi connectivity index (χ0n) is 11.2. The van der Waals surface area contributed by atoms with E-state index in [-0.39, 0.29) is 0 Å². The Morgan fingerprint density at radius 3 is 2.88 bits per heavy atom. The van der Waals surface area contributed by atoms with Crippen molar-refractivity contribution in [3.8, 4) is 0 Å². The molecule has 2 heterocycles. The molecule has 0 saturated carbocycles. The third-order valence-corrected chi connectivity index (χ3v) is 4.81. The third-order valence-electron chi connectivity index (χ3n) is 4.81. The maximum absolute atomic E-state index is 3.52. The van der Waals surface area contributed by atoms with Gasteiger partial charge in [0.1, 0.15) is 0 Å². The fourth-order valence-corrected chi connectivity index (χ4v) is 3.60. The smallest absolute Gasteiger partial charge is 0.0148 e. The molecule has 0 radical (unpaired) electrons. The predicted molar refractivity (Wildman–Crippen MR) is 69.6 cm³/mol. The fourth-order valence-electron chi connectivity index (χ4n) is 3.60. The number of likely N-dealkylation sites (tertiary alicyclic amines) is 1. The van der Waals surface area contributed by atoms with Crippen LogP contribution in [0.4, 0.5) is 0 Å². The summed E-state index contributed by atoms with van der Waals surface area (Å²) < 4.78 is 0. The van der Waals surface area contributed by atoms with Crippen molar-refractivity contribution in [1.82, 2.24) is 10.2 Å². The average molecular weight is 224 g/mol. The number of piperidine rings is 1. The van der Waals surface area contributed by atoms with Gasteiger partial charge in [-0.1, -0.05) is 27.2 Å². The van der Waals surface area contributed by atoms with Crippen LogP contribution in [0.2, 0.25) is 0 Å². The van der Waals surface area contributed by atoms with Gasteiger partial charge in [-0.25, -0.2) is 0 Å². The van der Waals surface area contributed by atoms with Crippen LogP contribution in [-0.4, -0.2) is 36.6 Å². The van der Waals surface area contributed by atoms with Crippen LogP contribution in [0.15, 0.2) is 0 Å². The van der Waals surface area contributed by atoms with Gasteiger partial charge in [0.15, 0.2) is 0 Å². The SMILES string of the molecule is CCC(C)[C@@H]1CCCN1C1CCNCC1C. The summed E-state index contributed by atoms with van der Waals surface area (Å²) in [6.07, 6.45) is 5.55. The van der Waals surface area contributed by atoms with Crippen molar-refractivity contribution in [3.05, 3.63) is 0 Å². The van der Waals surface area contributed by atoms with E-state index >= 15 is 0 Å². The lowest BCUT2D eigenvalue weighted by molar-refractivity contribution is 0.0822. The molecule has 0 aliphatic carbocycles. The van der Waals surface area contributed by atoms with E-state index in [1.165, 1.54) is 45.3 Å². The molecular formula is C14H28N2. The Kier molecular flexibility index (Phi) is 4.26. The normalized spacial score (nSPS) is 38.8. The lowest BCUT2D eigenvalue weighted by Crippen LogP contribution is -2.51. The van der Waals surface area contributed by atoms with Crippen LogP contribution in [0.1, 0.15) is 46.5 Å². The van der Waals surface area contributed by atoms with Crippen LogP contribution in [0, 0.1) is 11.8 Å². The second-order valence-corrected chi connectivity index (χ2v) is 5.87. The van der Waals surface area contributed by atoms with E-state index in [1.807, 2.05) is 0 Å². The molecule has 2 heteroatoms. The van der Waals surface area contributed by atoms with Gasteiger partial charge in [-0.2, -0.15) is 0 Å². The summed E-state index contributed by atoms with van der Waals surface area (Å²) in [7, 11) is 0. The van der Waals surface area contributed by atoms with E-state index in [9.17, 15) is 0 Å². The van der Waals surface area contributed by atoms with Gasteiger partial charge in [-0.3, -0.25) is 4.90 Å². The van der Waals surface area contributed by atoms with Crippen LogP contribution < -0.4 is 5.32 Å². The maximum Gasteiger partial charge on any atom is 0.0148 e. The Balaban J connectivity index is 2.00. The average Bonchev–Trinajstić information content (AvgIpc) is 2.77. The second kappa shape index (κ2) is 5.50. The second-order valence-electron chi connectivity index (χ2n) is 5.87. The molecule has 2 fully saturated rings. The van der Waals surface area contributed by atoms with Crippen LogP contribution in [0.25, 0.3) is 0 Å². The van der Waals surface area contributed by atoms with Crippen molar-refractivity contribution in [2.45, 2.75) is 58.5 Å². The molecule has 0 aromatic carbocycles. The van der Waals surface area contributed by atoms with E-state index < -0.39 is 0 Å². The van der Waals surface area contributed by atoms with Crippen LogP contribution in [0.5, 0.6) is 0 Å². The molecule has 0 spiro atoms. The van der Waals surface area contributed by atoms with Crippen LogP contribution >= 0.6 is 0 Å². The minimum Gasteiger partial charge on any atom is -0.316 e. The highest BCUT2D eigenvalue weighted by molar-refractivity contribution is 4.91. The van der Waals surface area contributed by atoms with Gasteiger partial charge >= 0.3 is 0 Å². The molecule has 2 aliphatic heterocycles. The van der Waals surface area contributed by atoms with Crippen LogP contribution in [-0.2, 0) is 0 Å². The van der Waals surface area contributed by atoms with Gasteiger partial charge < -0.3 is 5.32 Å². The fraction of sp³-hybridized carbons (Fsp3) is 1.00. The number of nitrogens with one attached hydrogen (secondary N) is 1. The zero-order valence-corrected chi connectivity index (χ0v) is 11.2. The summed E-state index contributed by atoms with van der Waals surface area (Å²) in [5.74, 6) is 1.71. The Morgan fingerprint density at radius 1 is 1.38 bits per heavy atom. The lowest BCUT2D eigenvalue weighted by Gasteiger charge is -2.41. The minimum atomic E-state index is 0.832. The topological polar surface area (TPSA) is 15.3 Å². The zero-order chi connectivity index (χ0) is 11.5. The van der Waals surface area contributed by atoms with Crippen molar-refractivity contribution in [3.63, 3.8) is 0 Å². The highest BCUT2D eigenvalue weighted by Gasteiger charge is 2.36. The molecule has 0 bridgehead atoms. The summed E-state index contributed by atoms with van der Waals surface area (Å²) in [6.45, 7) is 11.0. The largest absolute Gasteiger partial charge is 0.316 e. The van der Waals surface area contributed by atoms with E-state index in [4.69, 9.17) is 0 Å². The van der Waals surface area contributed by atoms with Gasteiger partial charge in [0.25, 0.3) is 0 Å². The first-order valence-corrected chi connectivity index (χ1v) is 7.20. The Labute approximate surface area is 101 Å². The van der Waals surface area contributed by atoms with Gasteiger partial charge in [0.05, 0.1) is 0 Å². The molecule has 0 amide bonds. The molecule has 2 aliphatic rings. The lowest BCUT2D eigenvalue weighted by atomic mass is 9.90. The first-order valence-electron chi connectivity index (χ1n) is 7.20. The quantitative estimate of drug-likeness (QED) is 0.792. The molecular weight excluding hydrogens is 196 g/mol. The van der Waals surface area contributed by atoms with Gasteiger partial charge in [0, 0.05) is 12.1 Å². The van der Waals surface area contributed by atoms with Crippen molar-refractivity contribution in [2.24, 2.45) is 11.8 Å². The minimum absolute atomic E-state index is 0.832. The van der Waals surface area contributed by atoms with E-state index in [0.29, 0.717) is 0 Å². The number of hydrogen-bond acceptors (Lipinski definition) is 2. The summed E-state index contributed by atoms with van der Waals surface area (Å²) in [4.78, 5) is 2.85. The summed E-state index contributed by atoms with van der Waals surface area (Å²) in [5, 5.41) is 3.52. The molecule has 4 atom stereocenters. The van der Waals surface area contributed by atoms with Crippen molar-refractivity contribution >= 4 is 0 Å². The highest BCUT2D eigenvalue weighted by Crippen LogP contribution is 2.31. The molecule has 0 aromatic heterocycles. The monoisotopic (exact) mass is 224 g/mol. The summed E-state index contributed by atoms with van der Waals surface area (Å²) in [6, 6.07) is 1.72. The first kappa shape index (κ1) is 12.4. The van der Waals surface area contributed by atoms with E-state index in [2.05, 4.69) is 31.0 Å². The third kappa shape index (κ3) is 2.43. The standard InChI is InChI=1S/C14H28N2/c1-4-11(2)13-6-5-9-16(13)14-7-8-15-10-12(14)3/h11-15H,4-10H2,1-3H3/t11?,12?,13-,14?/m0/s1. The van der Waals surface area contributed by atoms with Crippen LogP contribution in [0.3, 0.4) is 0 Å². The van der Waals surface area contributed by atoms with Gasteiger partial charge in [-0.15, -0.1) is 0 Å². The molecule has 2 nitrogen and oxygen atoms in total. The molecule has 94 valence electrons. The Hall–Kier alpha value is -0.0800. The molecule has 2 rings (SSSR count). The molecule has 3 unspecified atom stereocenters. The molecule has 2 saturated heterocycles. The van der Waals surface area contributed by atoms with Crippen molar-refractivity contribution in [1.29, 1.82) is 0 Å². The Morgan fingerprint density at radius 2 is 2.19 bits per heavy atom. The van der Waals surface area contributed by atoms with E-state index in [1.54, 1.807) is 0 Å². The van der Waals surface area contributed by atoms with Crippen molar-refractivity contribution in [2.75, 3.05) is 19.6 Å². The van der Waals surface area contributed by atoms with Gasteiger partial charge in [0.2, 0.25) is 0 Å². The summed E-state index contributed by atoms with van der Waals surface area (Å²) in [5.41, 5.74) is 0. The number of hydrogen-bond donors (Lipinski definition) is 1. The van der Waals surface area contributed by atoms with Gasteiger partial charge in [-0.05, 0) is 50.7 Å². The first-order chi connectivity index (χ1) is 7.74. The number of nitrogens with zero attached hydrogens (tertiary/aromatic N) is 1. The Bertz CT molecular complexity index is 217. The highest BCUT2D eigenvalue weighted by atomic mass is 15.2. The predicted octanol–water partition coefficient (Wildman–Crippen LogP) is 2.49. The molecule has 0 aromatic rings. The maximum atomic E-state index is 3.52.